The van der Waals surface area contributed by atoms with Crippen LogP contribution in [-0.4, -0.2) is 0 Å². The van der Waals surface area contributed by atoms with Crippen molar-refractivity contribution in [1.82, 2.24) is 0 Å². The molecule has 0 saturated heterocycles. The van der Waals surface area contributed by atoms with E-state index in [1.165, 1.54) is 36.8 Å². The van der Waals surface area contributed by atoms with Crippen molar-refractivity contribution in [2.75, 3.05) is 0 Å². The third-order valence-corrected chi connectivity index (χ3v) is 3.71. The van der Waals surface area contributed by atoms with Crippen molar-refractivity contribution in [2.45, 2.75) is 45.4 Å². The smallest absolute Gasteiger partial charge is 0.0162 e. The van der Waals surface area contributed by atoms with Gasteiger partial charge in [-0.15, -0.1) is 0 Å². The molecule has 1 fully saturated rings. The van der Waals surface area contributed by atoms with Crippen molar-refractivity contribution in [3.63, 3.8) is 0 Å². The van der Waals surface area contributed by atoms with Crippen LogP contribution in [0.15, 0.2) is 24.3 Å². The molecule has 0 nitrogen and oxygen atoms in total. The van der Waals surface area contributed by atoms with Gasteiger partial charge in [-0.05, 0) is 37.2 Å². The molecule has 0 aromatic heterocycles. The van der Waals surface area contributed by atoms with Gasteiger partial charge in [-0.3, -0.25) is 0 Å². The summed E-state index contributed by atoms with van der Waals surface area (Å²) in [5.74, 6) is 1.70. The van der Waals surface area contributed by atoms with E-state index in [0.717, 1.165) is 11.8 Å². The van der Waals surface area contributed by atoms with E-state index in [1.54, 1.807) is 0 Å². The van der Waals surface area contributed by atoms with E-state index in [2.05, 4.69) is 38.1 Å². The zero-order valence-corrected chi connectivity index (χ0v) is 9.29. The van der Waals surface area contributed by atoms with E-state index < -0.39 is 0 Å². The van der Waals surface area contributed by atoms with Crippen LogP contribution < -0.4 is 0 Å². The lowest BCUT2D eigenvalue weighted by atomic mass is 9.86. The van der Waals surface area contributed by atoms with Gasteiger partial charge in [-0.1, -0.05) is 49.6 Å². The Labute approximate surface area is 87.3 Å². The van der Waals surface area contributed by atoms with E-state index >= 15 is 0 Å². The van der Waals surface area contributed by atoms with Crippen LogP contribution in [-0.2, 0) is 0 Å². The predicted octanol–water partition coefficient (Wildman–Crippen LogP) is 4.29. The molecule has 0 bridgehead atoms. The summed E-state index contributed by atoms with van der Waals surface area (Å²) in [5.41, 5.74) is 2.90. The highest BCUT2D eigenvalue weighted by Gasteiger charge is 2.22. The SMILES string of the molecule is Cc1ccc(C(C)C2CCCC2)cc1. The van der Waals surface area contributed by atoms with E-state index in [-0.39, 0.29) is 0 Å². The van der Waals surface area contributed by atoms with Crippen LogP contribution in [0.3, 0.4) is 0 Å². The van der Waals surface area contributed by atoms with Gasteiger partial charge in [0.15, 0.2) is 0 Å². The van der Waals surface area contributed by atoms with Gasteiger partial charge in [0, 0.05) is 0 Å². The van der Waals surface area contributed by atoms with Gasteiger partial charge in [-0.2, -0.15) is 0 Å². The topological polar surface area (TPSA) is 0 Å². The Morgan fingerprint density at radius 3 is 2.21 bits per heavy atom. The number of rotatable bonds is 2. The fourth-order valence-corrected chi connectivity index (χ4v) is 2.60. The Balaban J connectivity index is 2.09. The minimum absolute atomic E-state index is 0.762. The van der Waals surface area contributed by atoms with Gasteiger partial charge in [0.2, 0.25) is 0 Å². The molecule has 0 heteroatoms. The Morgan fingerprint density at radius 2 is 1.64 bits per heavy atom. The lowest BCUT2D eigenvalue weighted by Gasteiger charge is -2.19. The molecule has 1 unspecified atom stereocenters. The first-order chi connectivity index (χ1) is 6.77. The van der Waals surface area contributed by atoms with Gasteiger partial charge < -0.3 is 0 Å². The first-order valence-corrected chi connectivity index (χ1v) is 5.84. The second-order valence-electron chi connectivity index (χ2n) is 4.74. The van der Waals surface area contributed by atoms with Crippen LogP contribution in [0.2, 0.25) is 0 Å². The molecule has 1 atom stereocenters. The number of hydrogen-bond donors (Lipinski definition) is 0. The number of benzene rings is 1. The third kappa shape index (κ3) is 2.00. The fourth-order valence-electron chi connectivity index (χ4n) is 2.60. The van der Waals surface area contributed by atoms with Crippen molar-refractivity contribution in [3.05, 3.63) is 35.4 Å². The fraction of sp³-hybridized carbons (Fsp3) is 0.571. The Bertz CT molecular complexity index is 277. The molecule has 1 aliphatic rings. The van der Waals surface area contributed by atoms with Gasteiger partial charge in [0.25, 0.3) is 0 Å². The predicted molar refractivity (Wildman–Crippen MR) is 61.6 cm³/mol. The summed E-state index contributed by atoms with van der Waals surface area (Å²) in [5, 5.41) is 0. The van der Waals surface area contributed by atoms with Gasteiger partial charge in [-0.25, -0.2) is 0 Å². The van der Waals surface area contributed by atoms with Crippen molar-refractivity contribution < 1.29 is 0 Å². The van der Waals surface area contributed by atoms with E-state index in [4.69, 9.17) is 0 Å². The summed E-state index contributed by atoms with van der Waals surface area (Å²) in [4.78, 5) is 0. The van der Waals surface area contributed by atoms with Crippen LogP contribution >= 0.6 is 0 Å². The molecule has 0 amide bonds. The highest BCUT2D eigenvalue weighted by Crippen LogP contribution is 2.36. The first-order valence-electron chi connectivity index (χ1n) is 5.84. The maximum Gasteiger partial charge on any atom is -0.0162 e. The zero-order chi connectivity index (χ0) is 9.97. The quantitative estimate of drug-likeness (QED) is 0.649. The lowest BCUT2D eigenvalue weighted by Crippen LogP contribution is -2.05. The molecule has 0 aliphatic heterocycles. The van der Waals surface area contributed by atoms with Crippen molar-refractivity contribution in [1.29, 1.82) is 0 Å². The number of aryl methyl sites for hydroxylation is 1. The molecule has 14 heavy (non-hydrogen) atoms. The summed E-state index contributed by atoms with van der Waals surface area (Å²) in [6.45, 7) is 4.55. The maximum absolute atomic E-state index is 2.39. The van der Waals surface area contributed by atoms with Crippen molar-refractivity contribution >= 4 is 0 Å². The Kier molecular flexibility index (Phi) is 2.90. The molecule has 1 aromatic carbocycles. The molecule has 0 N–H and O–H groups in total. The largest absolute Gasteiger partial charge is 0.0590 e. The third-order valence-electron chi connectivity index (χ3n) is 3.71. The maximum atomic E-state index is 2.39. The van der Waals surface area contributed by atoms with Crippen LogP contribution in [0.5, 0.6) is 0 Å². The van der Waals surface area contributed by atoms with E-state index in [0.29, 0.717) is 0 Å². The monoisotopic (exact) mass is 188 g/mol. The van der Waals surface area contributed by atoms with Crippen LogP contribution in [0, 0.1) is 12.8 Å². The second-order valence-corrected chi connectivity index (χ2v) is 4.74. The standard InChI is InChI=1S/C14H20/c1-11-7-9-14(10-8-11)12(2)13-5-3-4-6-13/h7-10,12-13H,3-6H2,1-2H3. The normalized spacial score (nSPS) is 19.9. The molecule has 1 aromatic rings. The van der Waals surface area contributed by atoms with Crippen molar-refractivity contribution in [2.24, 2.45) is 5.92 Å². The molecular formula is C14H20. The number of hydrogen-bond acceptors (Lipinski definition) is 0. The average molecular weight is 188 g/mol. The van der Waals surface area contributed by atoms with Crippen LogP contribution in [0.4, 0.5) is 0 Å². The molecule has 2 rings (SSSR count). The average Bonchev–Trinajstić information content (AvgIpc) is 2.71. The van der Waals surface area contributed by atoms with E-state index in [1.807, 2.05) is 0 Å². The highest BCUT2D eigenvalue weighted by molar-refractivity contribution is 5.24. The summed E-state index contributed by atoms with van der Waals surface area (Å²) in [6, 6.07) is 9.08. The summed E-state index contributed by atoms with van der Waals surface area (Å²) >= 11 is 0. The minimum Gasteiger partial charge on any atom is -0.0590 e. The summed E-state index contributed by atoms with van der Waals surface area (Å²) < 4.78 is 0. The van der Waals surface area contributed by atoms with Crippen molar-refractivity contribution in [3.8, 4) is 0 Å². The van der Waals surface area contributed by atoms with Gasteiger partial charge in [0.05, 0.1) is 0 Å². The molecule has 0 heterocycles. The molecular weight excluding hydrogens is 168 g/mol. The van der Waals surface area contributed by atoms with E-state index in [9.17, 15) is 0 Å². The zero-order valence-electron chi connectivity index (χ0n) is 9.29. The molecule has 1 saturated carbocycles. The Morgan fingerprint density at radius 1 is 1.07 bits per heavy atom. The minimum atomic E-state index is 0.762. The second kappa shape index (κ2) is 4.16. The van der Waals surface area contributed by atoms with Crippen LogP contribution in [0.1, 0.15) is 49.7 Å². The van der Waals surface area contributed by atoms with Gasteiger partial charge >= 0.3 is 0 Å². The van der Waals surface area contributed by atoms with Gasteiger partial charge in [0.1, 0.15) is 0 Å². The Hall–Kier alpha value is -0.780. The summed E-state index contributed by atoms with van der Waals surface area (Å²) in [6.07, 6.45) is 5.77. The molecule has 0 radical (unpaired) electrons. The lowest BCUT2D eigenvalue weighted by molar-refractivity contribution is 0.461. The van der Waals surface area contributed by atoms with Crippen LogP contribution in [0.25, 0.3) is 0 Å². The molecule has 76 valence electrons. The first kappa shape index (κ1) is 9.76. The summed E-state index contributed by atoms with van der Waals surface area (Å²) in [7, 11) is 0. The highest BCUT2D eigenvalue weighted by atomic mass is 14.3. The molecule has 0 spiro atoms. The molecule has 1 aliphatic carbocycles.